The summed E-state index contributed by atoms with van der Waals surface area (Å²) in [6, 6.07) is 10.1. The van der Waals surface area contributed by atoms with Crippen LogP contribution in [0, 0.1) is 5.92 Å². The lowest BCUT2D eigenvalue weighted by Crippen LogP contribution is -2.38. The molecule has 7 heteroatoms. The number of carbonyl (C=O) groups is 1. The van der Waals surface area contributed by atoms with E-state index in [0.29, 0.717) is 12.4 Å². The molecule has 1 saturated carbocycles. The van der Waals surface area contributed by atoms with Gasteiger partial charge in [-0.25, -0.2) is 4.98 Å². The van der Waals surface area contributed by atoms with Crippen molar-refractivity contribution in [3.05, 3.63) is 42.0 Å². The summed E-state index contributed by atoms with van der Waals surface area (Å²) in [5.41, 5.74) is 1.98. The minimum Gasteiger partial charge on any atom is -0.442 e. The van der Waals surface area contributed by atoms with Crippen LogP contribution in [0.15, 0.2) is 34.7 Å². The van der Waals surface area contributed by atoms with Crippen molar-refractivity contribution in [3.63, 3.8) is 0 Å². The number of rotatable bonds is 7. The summed E-state index contributed by atoms with van der Waals surface area (Å²) in [5, 5.41) is 3.31. The second-order valence-electron chi connectivity index (χ2n) is 8.11. The monoisotopic (exact) mass is 439 g/mol. The van der Waals surface area contributed by atoms with Gasteiger partial charge in [-0.05, 0) is 38.1 Å². The first kappa shape index (κ1) is 23.7. The topological polar surface area (TPSA) is 58.4 Å². The van der Waals surface area contributed by atoms with Gasteiger partial charge in [-0.2, -0.15) is 0 Å². The quantitative estimate of drug-likeness (QED) is 0.661. The van der Waals surface area contributed by atoms with Crippen molar-refractivity contribution in [2.75, 3.05) is 19.6 Å². The molecule has 4 rings (SSSR count). The maximum Gasteiger partial charge on any atom is 0.237 e. The van der Waals surface area contributed by atoms with Crippen molar-refractivity contribution in [2.24, 2.45) is 5.92 Å². The molecular weight excluding hydrogens is 409 g/mol. The Bertz CT molecular complexity index is 791. The van der Waals surface area contributed by atoms with Crippen LogP contribution in [0.3, 0.4) is 0 Å². The molecule has 1 unspecified atom stereocenters. The SMILES string of the molecule is CC(C)c1oc(C2CCCN2C(=O)CNCC2CC2)nc1-c1ccccc1.Cl.Cl. The number of amides is 1. The zero-order valence-electron chi connectivity index (χ0n) is 17.1. The second-order valence-corrected chi connectivity index (χ2v) is 8.11. The Labute approximate surface area is 185 Å². The summed E-state index contributed by atoms with van der Waals surface area (Å²) < 4.78 is 6.22. The molecule has 0 spiro atoms. The summed E-state index contributed by atoms with van der Waals surface area (Å²) in [5.74, 6) is 2.77. The van der Waals surface area contributed by atoms with Crippen LogP contribution in [-0.4, -0.2) is 35.4 Å². The number of likely N-dealkylation sites (tertiary alicyclic amines) is 1. The molecule has 1 aliphatic carbocycles. The fraction of sp³-hybridized carbons (Fsp3) is 0.545. The zero-order valence-corrected chi connectivity index (χ0v) is 18.7. The number of benzene rings is 1. The number of halogens is 2. The first-order valence-corrected chi connectivity index (χ1v) is 10.2. The number of aromatic nitrogens is 1. The first-order valence-electron chi connectivity index (χ1n) is 10.2. The Morgan fingerprint density at radius 3 is 2.59 bits per heavy atom. The van der Waals surface area contributed by atoms with Crippen molar-refractivity contribution in [1.82, 2.24) is 15.2 Å². The third-order valence-corrected chi connectivity index (χ3v) is 5.51. The molecule has 0 radical (unpaired) electrons. The average Bonchev–Trinajstić information content (AvgIpc) is 3.20. The Kier molecular flexibility index (Phi) is 8.56. The van der Waals surface area contributed by atoms with Crippen molar-refractivity contribution in [2.45, 2.75) is 51.5 Å². The van der Waals surface area contributed by atoms with Gasteiger partial charge >= 0.3 is 0 Å². The van der Waals surface area contributed by atoms with E-state index in [0.717, 1.165) is 48.9 Å². The molecule has 1 saturated heterocycles. The van der Waals surface area contributed by atoms with Crippen molar-refractivity contribution in [1.29, 1.82) is 0 Å². The van der Waals surface area contributed by atoms with Gasteiger partial charge in [0.15, 0.2) is 0 Å². The fourth-order valence-corrected chi connectivity index (χ4v) is 3.81. The number of hydrogen-bond acceptors (Lipinski definition) is 4. The maximum absolute atomic E-state index is 12.7. The molecular formula is C22H31Cl2N3O2. The molecule has 0 bridgehead atoms. The third-order valence-electron chi connectivity index (χ3n) is 5.51. The summed E-state index contributed by atoms with van der Waals surface area (Å²) in [6.45, 7) is 6.40. The van der Waals surface area contributed by atoms with E-state index in [2.05, 4.69) is 31.3 Å². The highest BCUT2D eigenvalue weighted by Gasteiger charge is 2.34. The van der Waals surface area contributed by atoms with Crippen LogP contribution in [0.4, 0.5) is 0 Å². The second kappa shape index (κ2) is 10.5. The third kappa shape index (κ3) is 5.53. The van der Waals surface area contributed by atoms with Crippen LogP contribution in [0.25, 0.3) is 11.3 Å². The van der Waals surface area contributed by atoms with E-state index in [4.69, 9.17) is 9.40 Å². The Balaban J connectivity index is 0.00000150. The van der Waals surface area contributed by atoms with Crippen molar-refractivity contribution in [3.8, 4) is 11.3 Å². The van der Waals surface area contributed by atoms with E-state index in [-0.39, 0.29) is 42.7 Å². The van der Waals surface area contributed by atoms with Gasteiger partial charge in [0.25, 0.3) is 0 Å². The molecule has 160 valence electrons. The van der Waals surface area contributed by atoms with Crippen LogP contribution in [0.5, 0.6) is 0 Å². The Morgan fingerprint density at radius 1 is 1.21 bits per heavy atom. The minimum atomic E-state index is -0.0461. The molecule has 1 aliphatic heterocycles. The summed E-state index contributed by atoms with van der Waals surface area (Å²) in [6.07, 6.45) is 4.51. The molecule has 29 heavy (non-hydrogen) atoms. The molecule has 1 amide bonds. The lowest BCUT2D eigenvalue weighted by molar-refractivity contribution is -0.131. The van der Waals surface area contributed by atoms with Gasteiger partial charge in [-0.15, -0.1) is 24.8 Å². The van der Waals surface area contributed by atoms with E-state index >= 15 is 0 Å². The highest BCUT2D eigenvalue weighted by molar-refractivity contribution is 5.85. The van der Waals surface area contributed by atoms with Gasteiger partial charge in [0.2, 0.25) is 11.8 Å². The van der Waals surface area contributed by atoms with Gasteiger partial charge < -0.3 is 14.6 Å². The largest absolute Gasteiger partial charge is 0.442 e. The minimum absolute atomic E-state index is 0. The molecule has 2 fully saturated rings. The van der Waals surface area contributed by atoms with Gasteiger partial charge in [-0.3, -0.25) is 4.79 Å². The molecule has 2 aliphatic rings. The highest BCUT2D eigenvalue weighted by atomic mass is 35.5. The predicted molar refractivity (Wildman–Crippen MR) is 120 cm³/mol. The molecule has 5 nitrogen and oxygen atoms in total. The van der Waals surface area contributed by atoms with E-state index < -0.39 is 0 Å². The van der Waals surface area contributed by atoms with Crippen LogP contribution >= 0.6 is 24.8 Å². The molecule has 1 aromatic heterocycles. The lowest BCUT2D eigenvalue weighted by atomic mass is 10.0. The van der Waals surface area contributed by atoms with Crippen molar-refractivity contribution >= 4 is 30.7 Å². The molecule has 2 aromatic rings. The normalized spacial score (nSPS) is 18.4. The van der Waals surface area contributed by atoms with E-state index in [1.54, 1.807) is 0 Å². The fourth-order valence-electron chi connectivity index (χ4n) is 3.81. The average molecular weight is 440 g/mol. The van der Waals surface area contributed by atoms with E-state index in [1.165, 1.54) is 12.8 Å². The van der Waals surface area contributed by atoms with Crippen LogP contribution in [-0.2, 0) is 4.79 Å². The summed E-state index contributed by atoms with van der Waals surface area (Å²) >= 11 is 0. The van der Waals surface area contributed by atoms with Crippen LogP contribution in [0.1, 0.15) is 63.1 Å². The first-order chi connectivity index (χ1) is 13.1. The highest BCUT2D eigenvalue weighted by Crippen LogP contribution is 2.37. The zero-order chi connectivity index (χ0) is 18.8. The van der Waals surface area contributed by atoms with Crippen LogP contribution < -0.4 is 5.32 Å². The lowest BCUT2D eigenvalue weighted by Gasteiger charge is -2.22. The summed E-state index contributed by atoms with van der Waals surface area (Å²) in [7, 11) is 0. The van der Waals surface area contributed by atoms with Gasteiger partial charge in [0.1, 0.15) is 17.5 Å². The summed E-state index contributed by atoms with van der Waals surface area (Å²) in [4.78, 5) is 19.5. The number of carbonyl (C=O) groups excluding carboxylic acids is 1. The molecule has 1 N–H and O–H groups in total. The maximum atomic E-state index is 12.7. The van der Waals surface area contributed by atoms with E-state index in [1.807, 2.05) is 23.1 Å². The van der Waals surface area contributed by atoms with E-state index in [9.17, 15) is 4.79 Å². The number of nitrogens with zero attached hydrogens (tertiary/aromatic N) is 2. The van der Waals surface area contributed by atoms with Crippen molar-refractivity contribution < 1.29 is 9.21 Å². The van der Waals surface area contributed by atoms with Gasteiger partial charge in [0, 0.05) is 18.0 Å². The molecule has 1 atom stereocenters. The molecule has 1 aromatic carbocycles. The molecule has 2 heterocycles. The van der Waals surface area contributed by atoms with Gasteiger partial charge in [-0.1, -0.05) is 44.2 Å². The number of oxazole rings is 1. The standard InChI is InChI=1S/C22H29N3O2.2ClH/c1-15(2)21-20(17-7-4-3-5-8-17)24-22(27-21)18-9-6-12-25(18)19(26)14-23-13-16-10-11-16;;/h3-5,7-8,15-16,18,23H,6,9-14H2,1-2H3;2*1H. The number of hydrogen-bond donors (Lipinski definition) is 1. The van der Waals surface area contributed by atoms with Gasteiger partial charge in [0.05, 0.1) is 6.54 Å². The number of nitrogens with one attached hydrogen (secondary N) is 1. The smallest absolute Gasteiger partial charge is 0.237 e. The Hall–Kier alpha value is -1.56. The predicted octanol–water partition coefficient (Wildman–Crippen LogP) is 4.97. The van der Waals surface area contributed by atoms with Crippen LogP contribution in [0.2, 0.25) is 0 Å². The Morgan fingerprint density at radius 2 is 1.93 bits per heavy atom.